The number of hydrogen-bond donors (Lipinski definition) is 0. The Hall–Kier alpha value is -1.51. The van der Waals surface area contributed by atoms with Gasteiger partial charge in [-0.2, -0.15) is 0 Å². The Kier molecular flexibility index (Phi) is 5.47. The molecule has 6 nitrogen and oxygen atoms in total. The molecule has 0 aliphatic carbocycles. The lowest BCUT2D eigenvalue weighted by atomic mass is 10.3. The van der Waals surface area contributed by atoms with E-state index >= 15 is 0 Å². The highest BCUT2D eigenvalue weighted by Gasteiger charge is 2.13. The van der Waals surface area contributed by atoms with Gasteiger partial charge in [-0.1, -0.05) is 11.6 Å². The molecule has 3 rings (SSSR count). The molecule has 1 aromatic heterocycles. The molecular formula is C15H16ClN3O3S2. The van der Waals surface area contributed by atoms with E-state index in [4.69, 9.17) is 11.6 Å². The van der Waals surface area contributed by atoms with Gasteiger partial charge in [0.1, 0.15) is 0 Å². The van der Waals surface area contributed by atoms with Crippen LogP contribution in [0.5, 0.6) is 0 Å². The fourth-order valence-electron chi connectivity index (χ4n) is 2.40. The van der Waals surface area contributed by atoms with E-state index < -0.39 is 0 Å². The minimum Gasteiger partial charge on any atom is -0.468 e. The quantitative estimate of drug-likeness (QED) is 0.599. The van der Waals surface area contributed by atoms with Gasteiger partial charge >= 0.3 is 10.8 Å². The SMILES string of the molecule is COC(=O)CSc1cc(N=c2sc(=O)n3n2CCCC3)ccc1Cl. The molecule has 2 aromatic rings. The number of thioether (sulfide) groups is 1. The zero-order valence-corrected chi connectivity index (χ0v) is 15.4. The lowest BCUT2D eigenvalue weighted by molar-refractivity contribution is -0.137. The van der Waals surface area contributed by atoms with Gasteiger partial charge in [0.25, 0.3) is 0 Å². The predicted molar refractivity (Wildman–Crippen MR) is 95.2 cm³/mol. The summed E-state index contributed by atoms with van der Waals surface area (Å²) in [5.41, 5.74) is 0.703. The molecule has 0 radical (unpaired) electrons. The minimum absolute atomic E-state index is 0.0164. The van der Waals surface area contributed by atoms with Crippen LogP contribution in [0.2, 0.25) is 5.02 Å². The fraction of sp³-hybridized carbons (Fsp3) is 0.400. The first-order valence-corrected chi connectivity index (χ1v) is 9.61. The van der Waals surface area contributed by atoms with Gasteiger partial charge < -0.3 is 4.74 Å². The van der Waals surface area contributed by atoms with Gasteiger partial charge in [0.2, 0.25) is 4.80 Å². The van der Waals surface area contributed by atoms with Gasteiger partial charge in [0.15, 0.2) is 0 Å². The summed E-state index contributed by atoms with van der Waals surface area (Å²) < 4.78 is 8.32. The number of ether oxygens (including phenoxy) is 1. The average molecular weight is 386 g/mol. The Bertz CT molecular complexity index is 885. The maximum Gasteiger partial charge on any atom is 0.325 e. The second kappa shape index (κ2) is 7.58. The van der Waals surface area contributed by atoms with Crippen molar-refractivity contribution < 1.29 is 9.53 Å². The minimum atomic E-state index is -0.311. The van der Waals surface area contributed by atoms with Crippen LogP contribution >= 0.6 is 34.7 Å². The third kappa shape index (κ3) is 3.76. The number of methoxy groups -OCH3 is 1. The summed E-state index contributed by atoms with van der Waals surface area (Å²) in [6, 6.07) is 5.37. The molecule has 1 aliphatic heterocycles. The predicted octanol–water partition coefficient (Wildman–Crippen LogP) is 2.66. The van der Waals surface area contributed by atoms with E-state index in [9.17, 15) is 9.59 Å². The highest BCUT2D eigenvalue weighted by atomic mass is 35.5. The van der Waals surface area contributed by atoms with E-state index in [1.807, 2.05) is 10.7 Å². The Morgan fingerprint density at radius 2 is 2.12 bits per heavy atom. The normalized spacial score (nSPS) is 14.5. The largest absolute Gasteiger partial charge is 0.468 e. The standard InChI is InChI=1S/C15H16ClN3O3S2/c1-22-13(20)9-23-12-8-10(4-5-11(12)16)17-14-18-6-2-3-7-19(18)15(21)24-14/h4-5,8H,2-3,6-7,9H2,1H3. The van der Waals surface area contributed by atoms with Gasteiger partial charge in [-0.25, -0.2) is 9.67 Å². The topological polar surface area (TPSA) is 65.6 Å². The highest BCUT2D eigenvalue weighted by Crippen LogP contribution is 2.30. The molecule has 0 saturated carbocycles. The maximum atomic E-state index is 12.0. The van der Waals surface area contributed by atoms with Gasteiger partial charge in [-0.05, 0) is 42.4 Å². The van der Waals surface area contributed by atoms with E-state index in [1.54, 1.807) is 16.8 Å². The first-order chi connectivity index (χ1) is 11.6. The van der Waals surface area contributed by atoms with E-state index in [2.05, 4.69) is 9.73 Å². The molecule has 128 valence electrons. The average Bonchev–Trinajstić information content (AvgIpc) is 2.91. The van der Waals surface area contributed by atoms with Crippen molar-refractivity contribution in [1.82, 2.24) is 9.36 Å². The van der Waals surface area contributed by atoms with E-state index in [-0.39, 0.29) is 16.6 Å². The summed E-state index contributed by atoms with van der Waals surface area (Å²) >= 11 is 8.62. The number of hydrogen-bond acceptors (Lipinski definition) is 6. The van der Waals surface area contributed by atoms with Gasteiger partial charge in [0, 0.05) is 18.0 Å². The lowest BCUT2D eigenvalue weighted by Crippen LogP contribution is -2.31. The number of aromatic nitrogens is 2. The van der Waals surface area contributed by atoms with Crippen molar-refractivity contribution in [1.29, 1.82) is 0 Å². The zero-order valence-electron chi connectivity index (χ0n) is 13.0. The zero-order chi connectivity index (χ0) is 17.1. The van der Waals surface area contributed by atoms with Crippen molar-refractivity contribution in [3.63, 3.8) is 0 Å². The first-order valence-electron chi connectivity index (χ1n) is 7.43. The molecule has 0 amide bonds. The number of benzene rings is 1. The van der Waals surface area contributed by atoms with Crippen LogP contribution in [0.15, 0.2) is 32.9 Å². The molecule has 1 aromatic carbocycles. The van der Waals surface area contributed by atoms with Crippen LogP contribution in [0, 0.1) is 0 Å². The molecule has 2 heterocycles. The van der Waals surface area contributed by atoms with Crippen LogP contribution < -0.4 is 9.67 Å². The lowest BCUT2D eigenvalue weighted by Gasteiger charge is -2.15. The van der Waals surface area contributed by atoms with Crippen molar-refractivity contribution in [3.8, 4) is 0 Å². The number of nitrogens with zero attached hydrogens (tertiary/aromatic N) is 3. The van der Waals surface area contributed by atoms with Crippen LogP contribution in [0.25, 0.3) is 0 Å². The Labute approximate surface area is 151 Å². The molecule has 0 atom stereocenters. The Morgan fingerprint density at radius 3 is 2.88 bits per heavy atom. The number of carbonyl (C=O) groups excluding carboxylic acids is 1. The van der Waals surface area contributed by atoms with E-state index in [1.165, 1.54) is 18.9 Å². The summed E-state index contributed by atoms with van der Waals surface area (Å²) in [5, 5.41) is 0.558. The second-order valence-corrected chi connectivity index (χ2v) is 7.54. The van der Waals surface area contributed by atoms with Crippen molar-refractivity contribution in [2.24, 2.45) is 4.99 Å². The molecule has 0 saturated heterocycles. The number of esters is 1. The van der Waals surface area contributed by atoms with E-state index in [0.29, 0.717) is 15.5 Å². The van der Waals surface area contributed by atoms with Gasteiger partial charge in [-0.15, -0.1) is 11.8 Å². The number of rotatable bonds is 4. The summed E-state index contributed by atoms with van der Waals surface area (Å²) in [6.07, 6.45) is 2.07. The molecule has 0 bridgehead atoms. The summed E-state index contributed by atoms with van der Waals surface area (Å²) in [5.74, 6) is -0.127. The summed E-state index contributed by atoms with van der Waals surface area (Å²) in [7, 11) is 1.35. The highest BCUT2D eigenvalue weighted by molar-refractivity contribution is 8.00. The number of fused-ring (bicyclic) bond motifs is 1. The Morgan fingerprint density at radius 1 is 1.38 bits per heavy atom. The number of halogens is 1. The van der Waals surface area contributed by atoms with Gasteiger partial charge in [-0.3, -0.25) is 14.3 Å². The molecular weight excluding hydrogens is 370 g/mol. The molecule has 9 heteroatoms. The monoisotopic (exact) mass is 385 g/mol. The van der Waals surface area contributed by atoms with Crippen LogP contribution in [-0.2, 0) is 22.6 Å². The smallest absolute Gasteiger partial charge is 0.325 e. The van der Waals surface area contributed by atoms with Gasteiger partial charge in [0.05, 0.1) is 23.6 Å². The van der Waals surface area contributed by atoms with Crippen molar-refractivity contribution in [2.45, 2.75) is 30.8 Å². The fourth-order valence-corrected chi connectivity index (χ4v) is 4.38. The first kappa shape index (κ1) is 17.3. The third-order valence-corrected chi connectivity index (χ3v) is 5.94. The van der Waals surface area contributed by atoms with Crippen LogP contribution in [0.3, 0.4) is 0 Å². The second-order valence-electron chi connectivity index (χ2n) is 5.20. The van der Waals surface area contributed by atoms with E-state index in [0.717, 1.165) is 42.2 Å². The van der Waals surface area contributed by atoms with Crippen LogP contribution in [-0.4, -0.2) is 28.2 Å². The summed E-state index contributed by atoms with van der Waals surface area (Å²) in [4.78, 5) is 29.4. The maximum absolute atomic E-state index is 12.0. The molecule has 0 spiro atoms. The molecule has 1 aliphatic rings. The third-order valence-electron chi connectivity index (χ3n) is 3.60. The molecule has 0 fully saturated rings. The van der Waals surface area contributed by atoms with Crippen LogP contribution in [0.4, 0.5) is 5.69 Å². The molecule has 0 N–H and O–H groups in total. The molecule has 0 unspecified atom stereocenters. The Balaban J connectivity index is 1.93. The van der Waals surface area contributed by atoms with Crippen molar-refractivity contribution in [2.75, 3.05) is 12.9 Å². The van der Waals surface area contributed by atoms with Crippen molar-refractivity contribution in [3.05, 3.63) is 37.7 Å². The van der Waals surface area contributed by atoms with Crippen molar-refractivity contribution >= 4 is 46.4 Å². The molecule has 24 heavy (non-hydrogen) atoms. The van der Waals surface area contributed by atoms with Crippen LogP contribution in [0.1, 0.15) is 12.8 Å². The number of carbonyl (C=O) groups is 1. The summed E-state index contributed by atoms with van der Waals surface area (Å²) in [6.45, 7) is 1.54.